The fourth-order valence-corrected chi connectivity index (χ4v) is 6.33. The number of aromatic nitrogens is 3. The Bertz CT molecular complexity index is 2550. The van der Waals surface area contributed by atoms with Crippen molar-refractivity contribution >= 4 is 43.5 Å². The molecule has 0 spiro atoms. The second-order valence-corrected chi connectivity index (χ2v) is 11.3. The molecule has 4 nitrogen and oxygen atoms in total. The zero-order valence-corrected chi connectivity index (χ0v) is 24.2. The molecule has 0 unspecified atom stereocenters. The first-order chi connectivity index (χ1) is 22.3. The summed E-state index contributed by atoms with van der Waals surface area (Å²) in [5.41, 5.74) is 6.69. The van der Waals surface area contributed by atoms with Gasteiger partial charge in [-0.15, -0.1) is 0 Å². The predicted molar refractivity (Wildman–Crippen MR) is 184 cm³/mol. The zero-order chi connectivity index (χ0) is 29.7. The molecule has 0 saturated heterocycles. The summed E-state index contributed by atoms with van der Waals surface area (Å²) in [6.45, 7) is 0. The van der Waals surface area contributed by atoms with Gasteiger partial charge in [0.05, 0.1) is 0 Å². The van der Waals surface area contributed by atoms with Crippen molar-refractivity contribution in [2.75, 3.05) is 0 Å². The molecule has 2 heterocycles. The predicted octanol–water partition coefficient (Wildman–Crippen LogP) is 10.7. The molecule has 0 fully saturated rings. The molecule has 0 aliphatic rings. The Kier molecular flexibility index (Phi) is 5.78. The molecule has 0 saturated carbocycles. The van der Waals surface area contributed by atoms with Crippen molar-refractivity contribution in [1.29, 1.82) is 0 Å². The zero-order valence-electron chi connectivity index (χ0n) is 24.2. The summed E-state index contributed by atoms with van der Waals surface area (Å²) in [6, 6.07) is 52.3. The molecule has 0 amide bonds. The normalized spacial score (nSPS) is 11.6. The summed E-state index contributed by atoms with van der Waals surface area (Å²) >= 11 is 0. The summed E-state index contributed by atoms with van der Waals surface area (Å²) in [7, 11) is 0. The lowest BCUT2D eigenvalue weighted by molar-refractivity contribution is 0.669. The van der Waals surface area contributed by atoms with Gasteiger partial charge in [0, 0.05) is 32.8 Å². The van der Waals surface area contributed by atoms with Gasteiger partial charge in [0.1, 0.15) is 11.2 Å². The molecule has 0 atom stereocenters. The fourth-order valence-electron chi connectivity index (χ4n) is 6.33. The van der Waals surface area contributed by atoms with Crippen molar-refractivity contribution in [3.05, 3.63) is 152 Å². The van der Waals surface area contributed by atoms with E-state index in [0.29, 0.717) is 17.5 Å². The van der Waals surface area contributed by atoms with E-state index in [1.807, 2.05) is 30.3 Å². The Morgan fingerprint density at radius 1 is 0.356 bits per heavy atom. The fraction of sp³-hybridized carbons (Fsp3) is 0. The Balaban J connectivity index is 1.29. The van der Waals surface area contributed by atoms with E-state index < -0.39 is 0 Å². The van der Waals surface area contributed by atoms with Crippen LogP contribution in [-0.2, 0) is 0 Å². The minimum Gasteiger partial charge on any atom is -0.456 e. The van der Waals surface area contributed by atoms with E-state index in [1.165, 1.54) is 10.8 Å². The van der Waals surface area contributed by atoms with Gasteiger partial charge in [-0.25, -0.2) is 15.0 Å². The monoisotopic (exact) mass is 575 g/mol. The molecular weight excluding hydrogens is 550 g/mol. The van der Waals surface area contributed by atoms with E-state index in [0.717, 1.165) is 60.5 Å². The standard InChI is InChI=1S/C41H25N3O/c1-2-10-26(11-3-1)29-14-8-15-30(24-29)39-42-40(31-22-23-34-33-17-6-7-19-36(33)45-37(34)25-31)44-41(43-39)35-18-9-13-28-21-20-27-12-4-5-16-32(27)38(28)35/h1-25H. The van der Waals surface area contributed by atoms with E-state index >= 15 is 0 Å². The number of hydrogen-bond acceptors (Lipinski definition) is 4. The number of nitrogens with zero attached hydrogens (tertiary/aromatic N) is 3. The van der Waals surface area contributed by atoms with Crippen LogP contribution in [0.4, 0.5) is 0 Å². The van der Waals surface area contributed by atoms with E-state index in [2.05, 4.69) is 121 Å². The maximum absolute atomic E-state index is 6.24. The Morgan fingerprint density at radius 3 is 1.87 bits per heavy atom. The number of fused-ring (bicyclic) bond motifs is 6. The summed E-state index contributed by atoms with van der Waals surface area (Å²) in [5.74, 6) is 1.85. The van der Waals surface area contributed by atoms with Crippen molar-refractivity contribution in [2.45, 2.75) is 0 Å². The first-order valence-electron chi connectivity index (χ1n) is 15.0. The van der Waals surface area contributed by atoms with Crippen LogP contribution in [0.1, 0.15) is 0 Å². The van der Waals surface area contributed by atoms with Crippen molar-refractivity contribution < 1.29 is 4.42 Å². The van der Waals surface area contributed by atoms with Crippen LogP contribution in [-0.4, -0.2) is 15.0 Å². The number of benzene rings is 7. The minimum atomic E-state index is 0.597. The van der Waals surface area contributed by atoms with Gasteiger partial charge in [0.15, 0.2) is 17.5 Å². The highest BCUT2D eigenvalue weighted by Gasteiger charge is 2.17. The molecule has 9 rings (SSSR count). The molecule has 4 heteroatoms. The lowest BCUT2D eigenvalue weighted by Crippen LogP contribution is -2.01. The van der Waals surface area contributed by atoms with Gasteiger partial charge in [-0.1, -0.05) is 127 Å². The Morgan fingerprint density at radius 2 is 0.978 bits per heavy atom. The summed E-state index contributed by atoms with van der Waals surface area (Å²) in [4.78, 5) is 15.3. The largest absolute Gasteiger partial charge is 0.456 e. The Hall–Kier alpha value is -6.13. The van der Waals surface area contributed by atoms with E-state index in [-0.39, 0.29) is 0 Å². The highest BCUT2D eigenvalue weighted by Crippen LogP contribution is 2.36. The van der Waals surface area contributed by atoms with Gasteiger partial charge in [0.2, 0.25) is 0 Å². The molecular formula is C41H25N3O. The molecule has 210 valence electrons. The van der Waals surface area contributed by atoms with Crippen LogP contribution in [0.15, 0.2) is 156 Å². The second kappa shape index (κ2) is 10.2. The van der Waals surface area contributed by atoms with Gasteiger partial charge < -0.3 is 4.42 Å². The molecule has 0 bridgehead atoms. The maximum Gasteiger partial charge on any atom is 0.164 e. The van der Waals surface area contributed by atoms with Crippen LogP contribution in [0.2, 0.25) is 0 Å². The maximum atomic E-state index is 6.24. The summed E-state index contributed by atoms with van der Waals surface area (Å²) in [6.07, 6.45) is 0. The molecule has 0 aliphatic carbocycles. The summed E-state index contributed by atoms with van der Waals surface area (Å²) in [5, 5.41) is 6.78. The molecule has 0 aliphatic heterocycles. The summed E-state index contributed by atoms with van der Waals surface area (Å²) < 4.78 is 6.24. The van der Waals surface area contributed by atoms with Gasteiger partial charge in [-0.2, -0.15) is 0 Å². The molecule has 2 aromatic heterocycles. The van der Waals surface area contributed by atoms with Gasteiger partial charge in [0.25, 0.3) is 0 Å². The third kappa shape index (κ3) is 4.35. The van der Waals surface area contributed by atoms with Crippen LogP contribution < -0.4 is 0 Å². The number of rotatable bonds is 4. The first-order valence-corrected chi connectivity index (χ1v) is 15.0. The molecule has 45 heavy (non-hydrogen) atoms. The lowest BCUT2D eigenvalue weighted by atomic mass is 9.97. The smallest absolute Gasteiger partial charge is 0.164 e. The number of para-hydroxylation sites is 1. The van der Waals surface area contributed by atoms with Crippen molar-refractivity contribution in [3.8, 4) is 45.3 Å². The number of furan rings is 1. The molecule has 9 aromatic rings. The average Bonchev–Trinajstić information content (AvgIpc) is 3.49. The average molecular weight is 576 g/mol. The van der Waals surface area contributed by atoms with Gasteiger partial charge >= 0.3 is 0 Å². The lowest BCUT2D eigenvalue weighted by Gasteiger charge is -2.12. The number of hydrogen-bond donors (Lipinski definition) is 0. The van der Waals surface area contributed by atoms with Gasteiger partial charge in [-0.05, 0) is 51.6 Å². The molecule has 0 radical (unpaired) electrons. The van der Waals surface area contributed by atoms with Crippen molar-refractivity contribution in [3.63, 3.8) is 0 Å². The molecule has 0 N–H and O–H groups in total. The topological polar surface area (TPSA) is 51.8 Å². The van der Waals surface area contributed by atoms with Crippen LogP contribution in [0.25, 0.3) is 88.8 Å². The van der Waals surface area contributed by atoms with Crippen LogP contribution in [0.3, 0.4) is 0 Å². The van der Waals surface area contributed by atoms with Crippen molar-refractivity contribution in [1.82, 2.24) is 15.0 Å². The van der Waals surface area contributed by atoms with E-state index in [4.69, 9.17) is 19.4 Å². The SMILES string of the molecule is c1ccc(-c2cccc(-c3nc(-c4ccc5c(c4)oc4ccccc45)nc(-c4cccc5ccc6ccccc6c45)n3)c2)cc1. The van der Waals surface area contributed by atoms with E-state index in [1.54, 1.807) is 0 Å². The quantitative estimate of drug-likeness (QED) is 0.196. The van der Waals surface area contributed by atoms with Crippen LogP contribution >= 0.6 is 0 Å². The Labute approximate surface area is 259 Å². The minimum absolute atomic E-state index is 0.597. The molecule has 7 aromatic carbocycles. The third-order valence-corrected chi connectivity index (χ3v) is 8.51. The van der Waals surface area contributed by atoms with Crippen molar-refractivity contribution in [2.24, 2.45) is 0 Å². The highest BCUT2D eigenvalue weighted by atomic mass is 16.3. The van der Waals surface area contributed by atoms with E-state index in [9.17, 15) is 0 Å². The third-order valence-electron chi connectivity index (χ3n) is 8.51. The van der Waals surface area contributed by atoms with Gasteiger partial charge in [-0.3, -0.25) is 0 Å². The highest BCUT2D eigenvalue weighted by molar-refractivity contribution is 6.13. The first kappa shape index (κ1) is 25.4. The van der Waals surface area contributed by atoms with Crippen LogP contribution in [0, 0.1) is 0 Å². The van der Waals surface area contributed by atoms with Crippen LogP contribution in [0.5, 0.6) is 0 Å². The second-order valence-electron chi connectivity index (χ2n) is 11.3.